The molecule has 0 radical (unpaired) electrons. The van der Waals surface area contributed by atoms with Gasteiger partial charge in [0.05, 0.1) is 12.1 Å². The molecule has 1 saturated carbocycles. The largest absolute Gasteiger partial charge is 0.391 e. The molecule has 0 bridgehead atoms. The SMILES string of the molecule is Cc1c(C(C)NC2CCCC(C(F)(F)F)C2)cnn1C. The summed E-state index contributed by atoms with van der Waals surface area (Å²) < 4.78 is 40.2. The van der Waals surface area contributed by atoms with Crippen molar-refractivity contribution in [2.45, 2.75) is 57.8 Å². The Kier molecular flexibility index (Phi) is 4.42. The molecule has 1 aliphatic rings. The average molecular weight is 289 g/mol. The van der Waals surface area contributed by atoms with Gasteiger partial charge in [-0.3, -0.25) is 4.68 Å². The van der Waals surface area contributed by atoms with Crippen LogP contribution < -0.4 is 5.32 Å². The molecule has 1 aliphatic carbocycles. The fourth-order valence-electron chi connectivity index (χ4n) is 3.02. The molecule has 20 heavy (non-hydrogen) atoms. The van der Waals surface area contributed by atoms with Crippen LogP contribution in [0, 0.1) is 12.8 Å². The number of nitrogens with one attached hydrogen (secondary N) is 1. The van der Waals surface area contributed by atoms with Crippen molar-refractivity contribution in [1.82, 2.24) is 15.1 Å². The third kappa shape index (κ3) is 3.34. The monoisotopic (exact) mass is 289 g/mol. The second-order valence-corrected chi connectivity index (χ2v) is 5.80. The number of aromatic nitrogens is 2. The standard InChI is InChI=1S/C14H22F3N3/c1-9(13-8-18-20(3)10(13)2)19-12-6-4-5-11(7-12)14(15,16)17/h8-9,11-12,19H,4-7H2,1-3H3. The molecule has 2 rings (SSSR count). The molecule has 114 valence electrons. The van der Waals surface area contributed by atoms with Gasteiger partial charge in [0.15, 0.2) is 0 Å². The summed E-state index contributed by atoms with van der Waals surface area (Å²) in [5, 5.41) is 7.52. The number of rotatable bonds is 3. The van der Waals surface area contributed by atoms with Gasteiger partial charge in [0.25, 0.3) is 0 Å². The Bertz CT molecular complexity index is 453. The summed E-state index contributed by atoms with van der Waals surface area (Å²) in [5.74, 6) is -1.16. The van der Waals surface area contributed by atoms with Crippen LogP contribution in [0.15, 0.2) is 6.20 Å². The summed E-state index contributed by atoms with van der Waals surface area (Å²) in [6.07, 6.45) is -0.364. The minimum Gasteiger partial charge on any atom is -0.307 e. The van der Waals surface area contributed by atoms with Gasteiger partial charge in [-0.15, -0.1) is 0 Å². The molecular formula is C14H22F3N3. The lowest BCUT2D eigenvalue weighted by Gasteiger charge is -2.33. The van der Waals surface area contributed by atoms with Crippen LogP contribution in [0.25, 0.3) is 0 Å². The van der Waals surface area contributed by atoms with Gasteiger partial charge in [-0.1, -0.05) is 6.42 Å². The molecule has 1 fully saturated rings. The summed E-state index contributed by atoms with van der Waals surface area (Å²) in [4.78, 5) is 0. The second-order valence-electron chi connectivity index (χ2n) is 5.80. The maximum atomic E-state index is 12.8. The molecule has 0 aliphatic heterocycles. The normalized spacial score (nSPS) is 25.7. The van der Waals surface area contributed by atoms with E-state index >= 15 is 0 Å². The number of hydrogen-bond acceptors (Lipinski definition) is 2. The molecule has 0 aromatic carbocycles. The van der Waals surface area contributed by atoms with E-state index in [1.54, 1.807) is 10.9 Å². The summed E-state index contributed by atoms with van der Waals surface area (Å²) in [6.45, 7) is 3.96. The van der Waals surface area contributed by atoms with E-state index in [-0.39, 0.29) is 24.9 Å². The zero-order valence-corrected chi connectivity index (χ0v) is 12.2. The van der Waals surface area contributed by atoms with Crippen LogP contribution in [0.5, 0.6) is 0 Å². The van der Waals surface area contributed by atoms with Crippen LogP contribution in [0.3, 0.4) is 0 Å². The first-order chi connectivity index (χ1) is 9.29. The Morgan fingerprint density at radius 3 is 2.65 bits per heavy atom. The van der Waals surface area contributed by atoms with Crippen molar-refractivity contribution in [1.29, 1.82) is 0 Å². The number of halogens is 3. The van der Waals surface area contributed by atoms with E-state index in [0.29, 0.717) is 6.42 Å². The quantitative estimate of drug-likeness (QED) is 0.923. The lowest BCUT2D eigenvalue weighted by molar-refractivity contribution is -0.183. The summed E-state index contributed by atoms with van der Waals surface area (Å²) in [6, 6.07) is -0.0364. The van der Waals surface area contributed by atoms with Crippen LogP contribution in [0.1, 0.15) is 49.9 Å². The predicted octanol–water partition coefficient (Wildman–Crippen LogP) is 3.50. The topological polar surface area (TPSA) is 29.9 Å². The van der Waals surface area contributed by atoms with Gasteiger partial charge in [-0.25, -0.2) is 0 Å². The predicted molar refractivity (Wildman–Crippen MR) is 71.3 cm³/mol. The second kappa shape index (κ2) is 5.76. The number of hydrogen-bond donors (Lipinski definition) is 1. The van der Waals surface area contributed by atoms with Gasteiger partial charge >= 0.3 is 6.18 Å². The van der Waals surface area contributed by atoms with Crippen molar-refractivity contribution < 1.29 is 13.2 Å². The van der Waals surface area contributed by atoms with Crippen molar-refractivity contribution in [2.75, 3.05) is 0 Å². The molecule has 3 nitrogen and oxygen atoms in total. The highest BCUT2D eigenvalue weighted by Gasteiger charge is 2.42. The maximum absolute atomic E-state index is 12.8. The van der Waals surface area contributed by atoms with Crippen LogP contribution >= 0.6 is 0 Å². The Labute approximate surface area is 117 Å². The van der Waals surface area contributed by atoms with Gasteiger partial charge in [0, 0.05) is 30.4 Å². The molecule has 1 aromatic heterocycles. The summed E-state index contributed by atoms with van der Waals surface area (Å²) >= 11 is 0. The van der Waals surface area contributed by atoms with Gasteiger partial charge in [-0.2, -0.15) is 18.3 Å². The summed E-state index contributed by atoms with van der Waals surface area (Å²) in [5.41, 5.74) is 2.11. The first-order valence-electron chi connectivity index (χ1n) is 7.10. The third-order valence-corrected chi connectivity index (χ3v) is 4.36. The summed E-state index contributed by atoms with van der Waals surface area (Å²) in [7, 11) is 1.87. The molecule has 3 atom stereocenters. The fraction of sp³-hybridized carbons (Fsp3) is 0.786. The maximum Gasteiger partial charge on any atom is 0.391 e. The molecule has 0 saturated heterocycles. The fourth-order valence-corrected chi connectivity index (χ4v) is 3.02. The molecule has 0 spiro atoms. The third-order valence-electron chi connectivity index (χ3n) is 4.36. The lowest BCUT2D eigenvalue weighted by atomic mass is 9.85. The van der Waals surface area contributed by atoms with Crippen molar-refractivity contribution >= 4 is 0 Å². The highest BCUT2D eigenvalue weighted by molar-refractivity contribution is 5.19. The number of alkyl halides is 3. The molecular weight excluding hydrogens is 267 g/mol. The van der Waals surface area contributed by atoms with Crippen LogP contribution in [-0.2, 0) is 7.05 Å². The molecule has 1 aromatic rings. The van der Waals surface area contributed by atoms with Crippen molar-refractivity contribution in [3.63, 3.8) is 0 Å². The van der Waals surface area contributed by atoms with Crippen LogP contribution in [0.2, 0.25) is 0 Å². The van der Waals surface area contributed by atoms with Crippen molar-refractivity contribution in [3.05, 3.63) is 17.5 Å². The van der Waals surface area contributed by atoms with Gasteiger partial charge in [-0.05, 0) is 33.1 Å². The number of aryl methyl sites for hydroxylation is 1. The molecule has 1 N–H and O–H groups in total. The molecule has 3 unspecified atom stereocenters. The Morgan fingerprint density at radius 1 is 1.40 bits per heavy atom. The molecule has 0 amide bonds. The van der Waals surface area contributed by atoms with Gasteiger partial charge in [0.1, 0.15) is 0 Å². The Balaban J connectivity index is 1.97. The van der Waals surface area contributed by atoms with E-state index in [0.717, 1.165) is 17.7 Å². The van der Waals surface area contributed by atoms with E-state index in [1.807, 2.05) is 20.9 Å². The minimum atomic E-state index is -4.06. The highest BCUT2D eigenvalue weighted by atomic mass is 19.4. The molecule has 1 heterocycles. The van der Waals surface area contributed by atoms with E-state index in [2.05, 4.69) is 10.4 Å². The van der Waals surface area contributed by atoms with E-state index in [4.69, 9.17) is 0 Å². The number of nitrogens with zero attached hydrogens (tertiary/aromatic N) is 2. The van der Waals surface area contributed by atoms with E-state index < -0.39 is 12.1 Å². The van der Waals surface area contributed by atoms with Gasteiger partial charge in [0.2, 0.25) is 0 Å². The average Bonchev–Trinajstić information content (AvgIpc) is 2.69. The first-order valence-corrected chi connectivity index (χ1v) is 7.10. The smallest absolute Gasteiger partial charge is 0.307 e. The zero-order chi connectivity index (χ0) is 14.9. The van der Waals surface area contributed by atoms with Gasteiger partial charge < -0.3 is 5.32 Å². The van der Waals surface area contributed by atoms with E-state index in [9.17, 15) is 13.2 Å². The van der Waals surface area contributed by atoms with Crippen molar-refractivity contribution in [2.24, 2.45) is 13.0 Å². The lowest BCUT2D eigenvalue weighted by Crippen LogP contribution is -2.39. The van der Waals surface area contributed by atoms with Crippen LogP contribution in [0.4, 0.5) is 13.2 Å². The zero-order valence-electron chi connectivity index (χ0n) is 12.2. The molecule has 6 heteroatoms. The van der Waals surface area contributed by atoms with E-state index in [1.165, 1.54) is 0 Å². The first kappa shape index (κ1) is 15.4. The highest BCUT2D eigenvalue weighted by Crippen LogP contribution is 2.38. The van der Waals surface area contributed by atoms with Crippen LogP contribution in [-0.4, -0.2) is 22.0 Å². The van der Waals surface area contributed by atoms with Crippen molar-refractivity contribution in [3.8, 4) is 0 Å². The Morgan fingerprint density at radius 2 is 2.10 bits per heavy atom. The minimum absolute atomic E-state index is 0.0284. The Hall–Kier alpha value is -1.04.